The Morgan fingerprint density at radius 2 is 2.10 bits per heavy atom. The highest BCUT2D eigenvalue weighted by molar-refractivity contribution is 6.01. The van der Waals surface area contributed by atoms with Crippen LogP contribution in [0.15, 0.2) is 29.2 Å². The highest BCUT2D eigenvalue weighted by Gasteiger charge is 2.15. The van der Waals surface area contributed by atoms with Gasteiger partial charge in [0.05, 0.1) is 6.20 Å². The molecular weight excluding hydrogens is 258 g/mol. The van der Waals surface area contributed by atoms with Crippen LogP contribution in [-0.2, 0) is 0 Å². The third-order valence-electron chi connectivity index (χ3n) is 3.24. The molecule has 7 heteroatoms. The van der Waals surface area contributed by atoms with Crippen molar-refractivity contribution in [1.82, 2.24) is 15.1 Å². The van der Waals surface area contributed by atoms with E-state index in [0.717, 1.165) is 18.9 Å². The average Bonchev–Trinajstić information content (AvgIpc) is 3.03. The van der Waals surface area contributed by atoms with Gasteiger partial charge in [-0.05, 0) is 19.3 Å². The summed E-state index contributed by atoms with van der Waals surface area (Å²) in [6, 6.07) is 3.28. The third kappa shape index (κ3) is 2.76. The van der Waals surface area contributed by atoms with Crippen molar-refractivity contribution in [3.63, 3.8) is 0 Å². The Balaban J connectivity index is 1.72. The Morgan fingerprint density at radius 3 is 2.85 bits per heavy atom. The number of nitrogens with zero attached hydrogens (tertiary/aromatic N) is 4. The number of anilines is 2. The number of carbonyl (C=O) groups is 1. The number of carbonyl (C=O) groups excluding carboxylic acids is 1. The molecule has 0 radical (unpaired) electrons. The summed E-state index contributed by atoms with van der Waals surface area (Å²) < 4.78 is 4.80. The molecule has 1 saturated heterocycles. The van der Waals surface area contributed by atoms with Gasteiger partial charge >= 0.3 is 0 Å². The molecule has 0 aliphatic carbocycles. The molecule has 3 rings (SSSR count). The van der Waals surface area contributed by atoms with E-state index in [1.165, 1.54) is 37.9 Å². The van der Waals surface area contributed by atoms with Crippen molar-refractivity contribution >= 4 is 17.5 Å². The molecule has 104 valence electrons. The fourth-order valence-corrected chi connectivity index (χ4v) is 2.22. The maximum Gasteiger partial charge on any atom is 0.295 e. The van der Waals surface area contributed by atoms with Crippen molar-refractivity contribution in [3.8, 4) is 0 Å². The molecule has 0 atom stereocenters. The minimum absolute atomic E-state index is 0.156. The number of aromatic nitrogens is 3. The normalized spacial score (nSPS) is 15.1. The Morgan fingerprint density at radius 1 is 1.25 bits per heavy atom. The first-order valence-corrected chi connectivity index (χ1v) is 6.62. The van der Waals surface area contributed by atoms with Crippen molar-refractivity contribution in [3.05, 3.63) is 30.4 Å². The lowest BCUT2D eigenvalue weighted by molar-refractivity contribution is 0.0987. The molecule has 20 heavy (non-hydrogen) atoms. The van der Waals surface area contributed by atoms with Gasteiger partial charge in [-0.15, -0.1) is 0 Å². The van der Waals surface area contributed by atoms with Crippen molar-refractivity contribution < 1.29 is 9.32 Å². The maximum atomic E-state index is 11.8. The summed E-state index contributed by atoms with van der Waals surface area (Å²) in [4.78, 5) is 22.4. The molecule has 1 amide bonds. The van der Waals surface area contributed by atoms with Crippen LogP contribution in [-0.4, -0.2) is 34.1 Å². The first-order chi connectivity index (χ1) is 9.83. The number of hydrogen-bond donors (Lipinski definition) is 1. The van der Waals surface area contributed by atoms with E-state index >= 15 is 0 Å². The van der Waals surface area contributed by atoms with Gasteiger partial charge in [0.2, 0.25) is 5.76 Å². The van der Waals surface area contributed by atoms with E-state index in [9.17, 15) is 4.79 Å². The summed E-state index contributed by atoms with van der Waals surface area (Å²) in [6.45, 7) is 1.99. The summed E-state index contributed by atoms with van der Waals surface area (Å²) in [5.74, 6) is 1.09. The summed E-state index contributed by atoms with van der Waals surface area (Å²) in [5, 5.41) is 6.17. The largest absolute Gasteiger partial charge is 0.356 e. The fourth-order valence-electron chi connectivity index (χ4n) is 2.22. The lowest BCUT2D eigenvalue weighted by Gasteiger charge is -2.27. The number of nitrogens with one attached hydrogen (secondary N) is 1. The Labute approximate surface area is 116 Å². The molecule has 0 spiro atoms. The van der Waals surface area contributed by atoms with Crippen LogP contribution in [0.1, 0.15) is 29.8 Å². The highest BCUT2D eigenvalue weighted by Crippen LogP contribution is 2.19. The molecular formula is C13H15N5O2. The predicted octanol–water partition coefficient (Wildman–Crippen LogP) is 1.71. The van der Waals surface area contributed by atoms with E-state index in [0.29, 0.717) is 5.82 Å². The lowest BCUT2D eigenvalue weighted by atomic mass is 10.1. The molecule has 1 aliphatic heterocycles. The van der Waals surface area contributed by atoms with Crippen LogP contribution in [0, 0.1) is 0 Å². The van der Waals surface area contributed by atoms with Crippen molar-refractivity contribution in [2.45, 2.75) is 19.3 Å². The van der Waals surface area contributed by atoms with Crippen LogP contribution < -0.4 is 10.2 Å². The standard InChI is InChI=1S/C13H15N5O2/c19-13(10-4-5-16-20-10)17-11-8-12(15-9-14-11)18-6-2-1-3-7-18/h4-5,8-9H,1-3,6-7H2,(H,14,15,17,19). The summed E-state index contributed by atoms with van der Waals surface area (Å²) in [7, 11) is 0. The lowest BCUT2D eigenvalue weighted by Crippen LogP contribution is -2.30. The second-order valence-electron chi connectivity index (χ2n) is 4.64. The molecule has 2 aromatic rings. The molecule has 0 unspecified atom stereocenters. The zero-order valence-corrected chi connectivity index (χ0v) is 11.0. The van der Waals surface area contributed by atoms with Gasteiger partial charge in [-0.25, -0.2) is 9.97 Å². The quantitative estimate of drug-likeness (QED) is 0.916. The maximum absolute atomic E-state index is 11.8. The first kappa shape index (κ1) is 12.6. The molecule has 0 bridgehead atoms. The first-order valence-electron chi connectivity index (χ1n) is 6.62. The minimum Gasteiger partial charge on any atom is -0.356 e. The SMILES string of the molecule is O=C(Nc1cc(N2CCCCC2)ncn1)c1ccno1. The van der Waals surface area contributed by atoms with Gasteiger partial charge < -0.3 is 14.7 Å². The van der Waals surface area contributed by atoms with E-state index in [1.807, 2.05) is 0 Å². The fraction of sp³-hybridized carbons (Fsp3) is 0.385. The zero-order chi connectivity index (χ0) is 13.8. The molecule has 1 N–H and O–H groups in total. The van der Waals surface area contributed by atoms with E-state index in [2.05, 4.69) is 25.3 Å². The molecule has 1 aliphatic rings. The number of amides is 1. The van der Waals surface area contributed by atoms with Crippen LogP contribution in [0.25, 0.3) is 0 Å². The van der Waals surface area contributed by atoms with Crippen LogP contribution in [0.2, 0.25) is 0 Å². The predicted molar refractivity (Wildman–Crippen MR) is 72.6 cm³/mol. The molecule has 7 nitrogen and oxygen atoms in total. The van der Waals surface area contributed by atoms with Gasteiger partial charge in [-0.2, -0.15) is 0 Å². The molecule has 0 aromatic carbocycles. The van der Waals surface area contributed by atoms with Crippen molar-refractivity contribution in [2.75, 3.05) is 23.3 Å². The van der Waals surface area contributed by atoms with Crippen LogP contribution >= 0.6 is 0 Å². The average molecular weight is 273 g/mol. The second kappa shape index (κ2) is 5.68. The van der Waals surface area contributed by atoms with Gasteiger partial charge in [-0.3, -0.25) is 4.79 Å². The van der Waals surface area contributed by atoms with E-state index < -0.39 is 0 Å². The van der Waals surface area contributed by atoms with Gasteiger partial charge in [-0.1, -0.05) is 5.16 Å². The number of piperidine rings is 1. The summed E-state index contributed by atoms with van der Waals surface area (Å²) in [5.41, 5.74) is 0. The summed E-state index contributed by atoms with van der Waals surface area (Å²) >= 11 is 0. The number of hydrogen-bond acceptors (Lipinski definition) is 6. The number of rotatable bonds is 3. The monoisotopic (exact) mass is 273 g/mol. The topological polar surface area (TPSA) is 84.2 Å². The van der Waals surface area contributed by atoms with Gasteiger partial charge in [0.15, 0.2) is 0 Å². The highest BCUT2D eigenvalue weighted by atomic mass is 16.5. The molecule has 1 fully saturated rings. The Bertz CT molecular complexity index is 578. The van der Waals surface area contributed by atoms with E-state index in [1.54, 1.807) is 6.07 Å². The van der Waals surface area contributed by atoms with Crippen molar-refractivity contribution in [1.29, 1.82) is 0 Å². The van der Waals surface area contributed by atoms with E-state index in [-0.39, 0.29) is 11.7 Å². The second-order valence-corrected chi connectivity index (χ2v) is 4.64. The van der Waals surface area contributed by atoms with Gasteiger partial charge in [0.25, 0.3) is 5.91 Å². The third-order valence-corrected chi connectivity index (χ3v) is 3.24. The molecule has 0 saturated carbocycles. The van der Waals surface area contributed by atoms with Crippen LogP contribution in [0.3, 0.4) is 0 Å². The zero-order valence-electron chi connectivity index (χ0n) is 11.0. The van der Waals surface area contributed by atoms with Crippen LogP contribution in [0.4, 0.5) is 11.6 Å². The molecule has 2 aromatic heterocycles. The van der Waals surface area contributed by atoms with Gasteiger partial charge in [0.1, 0.15) is 18.0 Å². The Kier molecular flexibility index (Phi) is 3.58. The van der Waals surface area contributed by atoms with Crippen molar-refractivity contribution in [2.24, 2.45) is 0 Å². The van der Waals surface area contributed by atoms with Crippen LogP contribution in [0.5, 0.6) is 0 Å². The summed E-state index contributed by atoms with van der Waals surface area (Å²) in [6.07, 6.45) is 6.48. The molecule has 3 heterocycles. The van der Waals surface area contributed by atoms with Gasteiger partial charge in [0, 0.05) is 25.2 Å². The Hall–Kier alpha value is -2.44. The van der Waals surface area contributed by atoms with E-state index in [4.69, 9.17) is 4.52 Å². The smallest absolute Gasteiger partial charge is 0.295 e. The minimum atomic E-state index is -0.370.